The van der Waals surface area contributed by atoms with Gasteiger partial charge >= 0.3 is 6.18 Å². The minimum absolute atomic E-state index is 0.0741. The van der Waals surface area contributed by atoms with Crippen LogP contribution in [0, 0.1) is 0 Å². The van der Waals surface area contributed by atoms with Crippen LogP contribution in [0.5, 0.6) is 0 Å². The van der Waals surface area contributed by atoms with Gasteiger partial charge in [-0.3, -0.25) is 4.79 Å². The first-order chi connectivity index (χ1) is 8.28. The van der Waals surface area contributed by atoms with Gasteiger partial charge < -0.3 is 10.1 Å². The third-order valence-electron chi connectivity index (χ3n) is 1.57. The first-order valence-corrected chi connectivity index (χ1v) is 5.29. The van der Waals surface area contributed by atoms with Gasteiger partial charge in [0.15, 0.2) is 0 Å². The zero-order chi connectivity index (χ0) is 13.8. The first-order valence-electron chi connectivity index (χ1n) is 4.53. The number of carbonyl (C=O) groups is 1. The largest absolute Gasteiger partial charge is 0.411 e. The highest BCUT2D eigenvalue weighted by Crippen LogP contribution is 2.22. The van der Waals surface area contributed by atoms with Gasteiger partial charge in [0.2, 0.25) is 0 Å². The molecule has 0 spiro atoms. The third kappa shape index (κ3) is 5.52. The number of carbonyl (C=O) groups excluding carboxylic acids is 1. The lowest BCUT2D eigenvalue weighted by molar-refractivity contribution is -0.174. The molecule has 0 atom stereocenters. The molecule has 18 heavy (non-hydrogen) atoms. The van der Waals surface area contributed by atoms with Crippen LogP contribution in [0.1, 0.15) is 0 Å². The Hall–Kier alpha value is -1.05. The molecular weight excluding hydrogens is 296 g/mol. The molecule has 1 N–H and O–H groups in total. The minimum atomic E-state index is -4.47. The van der Waals surface area contributed by atoms with Crippen molar-refractivity contribution in [2.24, 2.45) is 0 Å². The Bertz CT molecular complexity index is 440. The molecule has 1 aromatic rings. The number of rotatable bonds is 4. The summed E-state index contributed by atoms with van der Waals surface area (Å²) in [5, 5.41) is 2.57. The average molecular weight is 303 g/mol. The monoisotopic (exact) mass is 302 g/mol. The molecule has 4 nitrogen and oxygen atoms in total. The van der Waals surface area contributed by atoms with Crippen molar-refractivity contribution < 1.29 is 22.7 Å². The second kappa shape index (κ2) is 6.21. The Balaban J connectivity index is 2.42. The fourth-order valence-electron chi connectivity index (χ4n) is 0.921. The Morgan fingerprint density at radius 1 is 1.39 bits per heavy atom. The lowest BCUT2D eigenvalue weighted by Crippen LogP contribution is -2.24. The average Bonchev–Trinajstić information content (AvgIpc) is 2.21. The summed E-state index contributed by atoms with van der Waals surface area (Å²) in [7, 11) is 0. The molecule has 0 unspecified atom stereocenters. The number of ether oxygens (including phenoxy) is 1. The van der Waals surface area contributed by atoms with Gasteiger partial charge in [-0.15, -0.1) is 0 Å². The molecule has 100 valence electrons. The van der Waals surface area contributed by atoms with Crippen LogP contribution in [0.4, 0.5) is 19.0 Å². The molecule has 1 aromatic heterocycles. The minimum Gasteiger partial charge on any atom is -0.362 e. The summed E-state index contributed by atoms with van der Waals surface area (Å²) >= 11 is 11.3. The number of anilines is 1. The molecule has 0 aliphatic rings. The number of nitrogens with zero attached hydrogens (tertiary/aromatic N) is 1. The van der Waals surface area contributed by atoms with Gasteiger partial charge in [-0.05, 0) is 0 Å². The molecule has 0 bridgehead atoms. The number of nitrogens with one attached hydrogen (secondary N) is 1. The predicted molar refractivity (Wildman–Crippen MR) is 59.8 cm³/mol. The van der Waals surface area contributed by atoms with Crippen LogP contribution in [-0.2, 0) is 9.53 Å². The van der Waals surface area contributed by atoms with Crippen LogP contribution < -0.4 is 5.32 Å². The summed E-state index contributed by atoms with van der Waals surface area (Å²) in [6, 6.07) is 1.27. The van der Waals surface area contributed by atoms with Crippen LogP contribution in [0.25, 0.3) is 0 Å². The van der Waals surface area contributed by atoms with Crippen molar-refractivity contribution in [3.05, 3.63) is 22.3 Å². The molecule has 9 heteroatoms. The number of hydrogen-bond donors (Lipinski definition) is 1. The second-order valence-electron chi connectivity index (χ2n) is 3.14. The van der Waals surface area contributed by atoms with Crippen molar-refractivity contribution in [1.29, 1.82) is 0 Å². The molecule has 1 rings (SSSR count). The topological polar surface area (TPSA) is 51.2 Å². The number of amides is 1. The van der Waals surface area contributed by atoms with E-state index in [4.69, 9.17) is 23.2 Å². The molecule has 0 saturated carbocycles. The van der Waals surface area contributed by atoms with Crippen LogP contribution in [0.2, 0.25) is 10.0 Å². The fourth-order valence-corrected chi connectivity index (χ4v) is 1.18. The number of aromatic nitrogens is 1. The van der Waals surface area contributed by atoms with E-state index in [1.54, 1.807) is 0 Å². The van der Waals surface area contributed by atoms with Gasteiger partial charge in [-0.25, -0.2) is 4.98 Å². The van der Waals surface area contributed by atoms with Gasteiger partial charge in [0.05, 0.1) is 10.0 Å². The zero-order valence-electron chi connectivity index (χ0n) is 8.72. The van der Waals surface area contributed by atoms with E-state index >= 15 is 0 Å². The van der Waals surface area contributed by atoms with Crippen molar-refractivity contribution in [3.8, 4) is 0 Å². The molecule has 1 heterocycles. The van der Waals surface area contributed by atoms with Gasteiger partial charge in [0, 0.05) is 12.3 Å². The quantitative estimate of drug-likeness (QED) is 0.930. The van der Waals surface area contributed by atoms with Gasteiger partial charge in [-0.2, -0.15) is 13.2 Å². The Kier molecular flexibility index (Phi) is 5.18. The fraction of sp³-hybridized carbons (Fsp3) is 0.333. The van der Waals surface area contributed by atoms with E-state index in [-0.39, 0.29) is 15.9 Å². The van der Waals surface area contributed by atoms with E-state index in [0.29, 0.717) is 0 Å². The highest BCUT2D eigenvalue weighted by Gasteiger charge is 2.27. The normalized spacial score (nSPS) is 11.4. The molecule has 0 fully saturated rings. The summed E-state index contributed by atoms with van der Waals surface area (Å²) in [6.07, 6.45) is -3.27. The van der Waals surface area contributed by atoms with Crippen molar-refractivity contribution in [2.45, 2.75) is 6.18 Å². The Labute approximate surface area is 110 Å². The van der Waals surface area contributed by atoms with Gasteiger partial charge in [-0.1, -0.05) is 23.2 Å². The highest BCUT2D eigenvalue weighted by molar-refractivity contribution is 6.42. The summed E-state index contributed by atoms with van der Waals surface area (Å²) in [5.41, 5.74) is 0. The lowest BCUT2D eigenvalue weighted by atomic mass is 10.4. The summed E-state index contributed by atoms with van der Waals surface area (Å²) in [6.45, 7) is -2.23. The number of alkyl halides is 3. The molecular formula is C9H7Cl2F3N2O2. The van der Waals surface area contributed by atoms with Crippen molar-refractivity contribution in [3.63, 3.8) is 0 Å². The Morgan fingerprint density at radius 3 is 2.61 bits per heavy atom. The number of halogens is 5. The highest BCUT2D eigenvalue weighted by atomic mass is 35.5. The van der Waals surface area contributed by atoms with Crippen molar-refractivity contribution in [1.82, 2.24) is 4.98 Å². The van der Waals surface area contributed by atoms with E-state index in [1.807, 2.05) is 0 Å². The number of pyridine rings is 1. The predicted octanol–water partition coefficient (Wildman–Crippen LogP) is 2.91. The number of hydrogen-bond acceptors (Lipinski definition) is 3. The summed E-state index contributed by atoms with van der Waals surface area (Å²) in [4.78, 5) is 14.9. The molecule has 0 aliphatic carbocycles. The van der Waals surface area contributed by atoms with E-state index in [0.717, 1.165) is 0 Å². The van der Waals surface area contributed by atoms with Crippen LogP contribution in [0.3, 0.4) is 0 Å². The van der Waals surface area contributed by atoms with Gasteiger partial charge in [0.25, 0.3) is 5.91 Å². The third-order valence-corrected chi connectivity index (χ3v) is 2.29. The molecule has 0 aliphatic heterocycles. The maximum Gasteiger partial charge on any atom is 0.411 e. The van der Waals surface area contributed by atoms with E-state index in [2.05, 4.69) is 15.0 Å². The van der Waals surface area contributed by atoms with Crippen LogP contribution in [0.15, 0.2) is 12.3 Å². The van der Waals surface area contributed by atoms with Gasteiger partial charge in [0.1, 0.15) is 19.0 Å². The first kappa shape index (κ1) is 15.0. The zero-order valence-corrected chi connectivity index (χ0v) is 10.2. The van der Waals surface area contributed by atoms with Crippen LogP contribution >= 0.6 is 23.2 Å². The summed E-state index contributed by atoms with van der Waals surface area (Å²) < 4.78 is 39.3. The smallest absolute Gasteiger partial charge is 0.362 e. The second-order valence-corrected chi connectivity index (χ2v) is 3.95. The van der Waals surface area contributed by atoms with E-state index < -0.39 is 25.3 Å². The standard InChI is InChI=1S/C9H7Cl2F3N2O2/c10-5-1-7(15-2-6(5)11)16-8(17)3-18-4-9(12,13)14/h1-2H,3-4H2,(H,15,16,17). The van der Waals surface area contributed by atoms with Crippen LogP contribution in [-0.4, -0.2) is 30.3 Å². The lowest BCUT2D eigenvalue weighted by Gasteiger charge is -2.08. The van der Waals surface area contributed by atoms with E-state index in [9.17, 15) is 18.0 Å². The van der Waals surface area contributed by atoms with E-state index in [1.165, 1.54) is 12.3 Å². The molecule has 1 amide bonds. The SMILES string of the molecule is O=C(COCC(F)(F)F)Nc1cc(Cl)c(Cl)cn1. The molecule has 0 radical (unpaired) electrons. The Morgan fingerprint density at radius 2 is 2.06 bits per heavy atom. The maximum absolute atomic E-state index is 11.7. The van der Waals surface area contributed by atoms with Crippen molar-refractivity contribution >= 4 is 34.9 Å². The molecule has 0 aromatic carbocycles. The summed E-state index contributed by atoms with van der Waals surface area (Å²) in [5.74, 6) is -0.699. The molecule has 0 saturated heterocycles. The van der Waals surface area contributed by atoms with Crippen molar-refractivity contribution in [2.75, 3.05) is 18.5 Å². The maximum atomic E-state index is 11.7.